The summed E-state index contributed by atoms with van der Waals surface area (Å²) < 4.78 is 0.734. The molecule has 0 fully saturated rings. The molecule has 0 rings (SSSR count). The van der Waals surface area contributed by atoms with Gasteiger partial charge in [-0.15, -0.1) is 0 Å². The van der Waals surface area contributed by atoms with Gasteiger partial charge in [0.25, 0.3) is 0 Å². The molecule has 0 atom stereocenters. The summed E-state index contributed by atoms with van der Waals surface area (Å²) in [5.74, 6) is 0. The van der Waals surface area contributed by atoms with E-state index in [9.17, 15) is 0 Å². The Morgan fingerprint density at radius 3 is 1.69 bits per heavy atom. The number of rotatable bonds is 4. The topological polar surface area (TPSA) is 15.6 Å². The third kappa shape index (κ3) is 3.35. The second kappa shape index (κ2) is 4.61. The van der Waals surface area contributed by atoms with Crippen molar-refractivity contribution in [3.05, 3.63) is 0 Å². The molecule has 3 heteroatoms. The van der Waals surface area contributed by atoms with Crippen LogP contribution in [0.1, 0.15) is 27.7 Å². The van der Waals surface area contributed by atoms with Crippen LogP contribution in [0.3, 0.4) is 0 Å². The van der Waals surface area contributed by atoms with Crippen molar-refractivity contribution < 1.29 is 4.59 Å². The summed E-state index contributed by atoms with van der Waals surface area (Å²) in [4.78, 5) is 1.97. The predicted molar refractivity (Wildman–Crippen MR) is 58.6 cm³/mol. The summed E-state index contributed by atoms with van der Waals surface area (Å²) in [7, 11) is 6.15. The highest BCUT2D eigenvalue weighted by Gasteiger charge is 2.29. The summed E-state index contributed by atoms with van der Waals surface area (Å²) >= 11 is 0. The first-order valence-electron chi connectivity index (χ1n) is 4.88. The molecule has 0 saturated carbocycles. The quantitative estimate of drug-likeness (QED) is 0.283. The summed E-state index contributed by atoms with van der Waals surface area (Å²) in [5.41, 5.74) is 0. The van der Waals surface area contributed by atoms with E-state index in [0.717, 1.165) is 4.59 Å². The van der Waals surface area contributed by atoms with Gasteiger partial charge in [-0.1, -0.05) is 5.10 Å². The molecule has 0 saturated heterocycles. The maximum Gasteiger partial charge on any atom is 0.147 e. The predicted octanol–water partition coefficient (Wildman–Crippen LogP) is 1.75. The third-order valence-corrected chi connectivity index (χ3v) is 2.62. The molecule has 0 aromatic rings. The zero-order chi connectivity index (χ0) is 10.6. The molecule has 78 valence electrons. The third-order valence-electron chi connectivity index (χ3n) is 2.62. The molecule has 0 heterocycles. The van der Waals surface area contributed by atoms with E-state index in [4.69, 9.17) is 0 Å². The lowest BCUT2D eigenvalue weighted by atomic mass is 10.2. The molecule has 0 aliphatic rings. The highest BCUT2D eigenvalue weighted by atomic mass is 15.6. The second-order valence-electron chi connectivity index (χ2n) is 4.48. The maximum absolute atomic E-state index is 4.59. The number of quaternary nitrogens is 1. The van der Waals surface area contributed by atoms with Crippen LogP contribution in [-0.2, 0) is 0 Å². The monoisotopic (exact) mass is 186 g/mol. The summed E-state index contributed by atoms with van der Waals surface area (Å²) in [6.45, 7) is 8.81. The standard InChI is InChI=1S/C10H24N3/c1-9(2)13(7,10(3)4)11-8-12(5)6/h8-10H,1-7H3/q+1. The number of hydrogen-bond donors (Lipinski definition) is 0. The average Bonchev–Trinajstić information content (AvgIpc) is 1.99. The van der Waals surface area contributed by atoms with Crippen molar-refractivity contribution >= 4 is 6.34 Å². The Morgan fingerprint density at radius 2 is 1.46 bits per heavy atom. The molecule has 0 bridgehead atoms. The van der Waals surface area contributed by atoms with Gasteiger partial charge in [0.05, 0.1) is 7.05 Å². The molecule has 0 spiro atoms. The van der Waals surface area contributed by atoms with E-state index in [1.165, 1.54) is 0 Å². The van der Waals surface area contributed by atoms with Crippen LogP contribution in [0.15, 0.2) is 5.10 Å². The smallest absolute Gasteiger partial charge is 0.147 e. The first-order chi connectivity index (χ1) is 5.80. The zero-order valence-corrected chi connectivity index (χ0v) is 10.1. The van der Waals surface area contributed by atoms with Gasteiger partial charge < -0.3 is 4.90 Å². The lowest BCUT2D eigenvalue weighted by Gasteiger charge is -2.35. The Bertz CT molecular complexity index is 163. The van der Waals surface area contributed by atoms with Crippen molar-refractivity contribution in [1.82, 2.24) is 4.90 Å². The summed E-state index contributed by atoms with van der Waals surface area (Å²) in [6.07, 6.45) is 1.89. The van der Waals surface area contributed by atoms with E-state index in [1.54, 1.807) is 0 Å². The van der Waals surface area contributed by atoms with E-state index < -0.39 is 0 Å². The molecule has 13 heavy (non-hydrogen) atoms. The largest absolute Gasteiger partial charge is 0.364 e. The molecular weight excluding hydrogens is 162 g/mol. The number of hydrogen-bond acceptors (Lipinski definition) is 1. The van der Waals surface area contributed by atoms with Gasteiger partial charge in [0.15, 0.2) is 0 Å². The Balaban J connectivity index is 4.61. The van der Waals surface area contributed by atoms with Crippen LogP contribution in [-0.4, -0.2) is 49.1 Å². The highest BCUT2D eigenvalue weighted by Crippen LogP contribution is 2.16. The molecule has 0 unspecified atom stereocenters. The Morgan fingerprint density at radius 1 is 1.08 bits per heavy atom. The lowest BCUT2D eigenvalue weighted by Crippen LogP contribution is -2.50. The van der Waals surface area contributed by atoms with Crippen LogP contribution in [0.2, 0.25) is 0 Å². The van der Waals surface area contributed by atoms with E-state index in [2.05, 4.69) is 39.8 Å². The van der Waals surface area contributed by atoms with Crippen molar-refractivity contribution in [3.8, 4) is 0 Å². The van der Waals surface area contributed by atoms with E-state index in [0.29, 0.717) is 12.1 Å². The van der Waals surface area contributed by atoms with Crippen LogP contribution in [0.25, 0.3) is 0 Å². The molecule has 0 N–H and O–H groups in total. The molecule has 0 aliphatic heterocycles. The van der Waals surface area contributed by atoms with Crippen molar-refractivity contribution in [2.75, 3.05) is 21.1 Å². The summed E-state index contributed by atoms with van der Waals surface area (Å²) in [5, 5.41) is 4.59. The van der Waals surface area contributed by atoms with Crippen molar-refractivity contribution in [1.29, 1.82) is 0 Å². The van der Waals surface area contributed by atoms with Crippen LogP contribution in [0, 0.1) is 0 Å². The molecule has 0 radical (unpaired) electrons. The van der Waals surface area contributed by atoms with Crippen molar-refractivity contribution in [3.63, 3.8) is 0 Å². The first kappa shape index (κ1) is 12.4. The average molecular weight is 186 g/mol. The molecule has 0 aromatic carbocycles. The minimum Gasteiger partial charge on any atom is -0.364 e. The van der Waals surface area contributed by atoms with E-state index in [1.807, 2.05) is 25.3 Å². The van der Waals surface area contributed by atoms with Crippen LogP contribution in [0.5, 0.6) is 0 Å². The molecule has 3 nitrogen and oxygen atoms in total. The minimum atomic E-state index is 0.510. The van der Waals surface area contributed by atoms with Gasteiger partial charge in [-0.25, -0.2) is 0 Å². The van der Waals surface area contributed by atoms with Gasteiger partial charge in [-0.3, -0.25) is 0 Å². The van der Waals surface area contributed by atoms with E-state index >= 15 is 0 Å². The second-order valence-corrected chi connectivity index (χ2v) is 4.48. The molecule has 0 aliphatic carbocycles. The van der Waals surface area contributed by atoms with Crippen LogP contribution < -0.4 is 0 Å². The normalized spacial score (nSPS) is 13.3. The molecular formula is C10H24N3+. The maximum atomic E-state index is 4.59. The Kier molecular flexibility index (Phi) is 4.40. The van der Waals surface area contributed by atoms with Crippen molar-refractivity contribution in [2.24, 2.45) is 5.10 Å². The van der Waals surface area contributed by atoms with Gasteiger partial charge in [-0.05, 0) is 27.7 Å². The number of nitrogens with zero attached hydrogens (tertiary/aromatic N) is 3. The highest BCUT2D eigenvalue weighted by molar-refractivity contribution is 5.52. The van der Waals surface area contributed by atoms with Crippen LogP contribution in [0.4, 0.5) is 0 Å². The molecule has 0 aromatic heterocycles. The zero-order valence-electron chi connectivity index (χ0n) is 10.1. The summed E-state index contributed by atoms with van der Waals surface area (Å²) in [6, 6.07) is 1.02. The lowest BCUT2D eigenvalue weighted by molar-refractivity contribution is -0.955. The fourth-order valence-corrected chi connectivity index (χ4v) is 1.08. The Labute approximate surface area is 82.6 Å². The van der Waals surface area contributed by atoms with Gasteiger partial charge in [0.2, 0.25) is 0 Å². The van der Waals surface area contributed by atoms with Crippen LogP contribution >= 0.6 is 0 Å². The van der Waals surface area contributed by atoms with Gasteiger partial charge in [-0.2, -0.15) is 4.59 Å². The van der Waals surface area contributed by atoms with Gasteiger partial charge in [0, 0.05) is 14.1 Å². The SMILES string of the molecule is CC(C)[N+](C)(N=CN(C)C)C(C)C. The van der Waals surface area contributed by atoms with Gasteiger partial charge in [0.1, 0.15) is 18.4 Å². The van der Waals surface area contributed by atoms with Gasteiger partial charge >= 0.3 is 0 Å². The first-order valence-corrected chi connectivity index (χ1v) is 4.88. The van der Waals surface area contributed by atoms with E-state index in [-0.39, 0.29) is 0 Å². The van der Waals surface area contributed by atoms with Crippen molar-refractivity contribution in [2.45, 2.75) is 39.8 Å². The Hall–Kier alpha value is -0.570. The minimum absolute atomic E-state index is 0.510. The molecule has 0 amide bonds. The fourth-order valence-electron chi connectivity index (χ4n) is 1.08. The fraction of sp³-hybridized carbons (Fsp3) is 0.900.